The number of sulfone groups is 1. The quantitative estimate of drug-likeness (QED) is 0.503. The Balaban J connectivity index is 1.58. The highest BCUT2D eigenvalue weighted by Crippen LogP contribution is 2.38. The number of carbonyl (C=O) groups excluding carboxylic acids is 2. The molecule has 40 heavy (non-hydrogen) atoms. The Morgan fingerprint density at radius 1 is 1.05 bits per heavy atom. The smallest absolute Gasteiger partial charge is 0.258 e. The minimum absolute atomic E-state index is 0.0129. The number of hydrogen-bond acceptors (Lipinski definition) is 6. The maximum Gasteiger partial charge on any atom is 0.258 e. The van der Waals surface area contributed by atoms with Crippen LogP contribution in [0.5, 0.6) is 0 Å². The number of benzene rings is 2. The molecule has 2 saturated heterocycles. The zero-order valence-corrected chi connectivity index (χ0v) is 24.4. The van der Waals surface area contributed by atoms with Gasteiger partial charge in [0.25, 0.3) is 5.91 Å². The molecule has 0 radical (unpaired) electrons. The molecule has 2 fully saturated rings. The summed E-state index contributed by atoms with van der Waals surface area (Å²) in [7, 11) is -7.48. The monoisotopic (exact) mass is 591 g/mol. The maximum atomic E-state index is 15.6. The molecule has 0 aromatic heterocycles. The van der Waals surface area contributed by atoms with Crippen molar-refractivity contribution in [1.29, 1.82) is 0 Å². The predicted molar refractivity (Wildman–Crippen MR) is 152 cm³/mol. The molecule has 12 heteroatoms. The largest absolute Gasteiger partial charge is 0.347 e. The Labute approximate surface area is 235 Å². The standard InChI is InChI=1S/C28H34FN3O6S2/c1-20-7-4-5-8-23(20)24-19-22(32-15-6-9-26(32)33)10-11-25(24)40(37,38)31-16-13-28(29,14-17-31)27(34)30-21(2)12-18-39(3,35)36/h4-5,7-8,10-12,18-19,21H,6,9,13-17H2,1-3H3,(H,30,34)/b18-12-/t21-/m1/s1. The molecule has 2 aromatic carbocycles. The number of sulfonamides is 1. The van der Waals surface area contributed by atoms with Gasteiger partial charge in [-0.1, -0.05) is 30.3 Å². The summed E-state index contributed by atoms with van der Waals surface area (Å²) in [6, 6.07) is 11.5. The summed E-state index contributed by atoms with van der Waals surface area (Å²) in [6.45, 7) is 3.55. The first-order valence-electron chi connectivity index (χ1n) is 13.1. The Morgan fingerprint density at radius 3 is 2.33 bits per heavy atom. The lowest BCUT2D eigenvalue weighted by Crippen LogP contribution is -2.53. The van der Waals surface area contributed by atoms with Crippen molar-refractivity contribution in [2.75, 3.05) is 30.8 Å². The number of piperidine rings is 1. The van der Waals surface area contributed by atoms with E-state index in [9.17, 15) is 26.4 Å². The molecular weight excluding hydrogens is 557 g/mol. The van der Waals surface area contributed by atoms with Crippen molar-refractivity contribution in [3.8, 4) is 11.1 Å². The average molecular weight is 592 g/mol. The van der Waals surface area contributed by atoms with Gasteiger partial charge in [0.1, 0.15) is 0 Å². The van der Waals surface area contributed by atoms with Gasteiger partial charge < -0.3 is 10.2 Å². The van der Waals surface area contributed by atoms with Gasteiger partial charge >= 0.3 is 0 Å². The highest BCUT2D eigenvalue weighted by molar-refractivity contribution is 7.93. The predicted octanol–water partition coefficient (Wildman–Crippen LogP) is 3.34. The summed E-state index contributed by atoms with van der Waals surface area (Å²) in [5.74, 6) is -0.920. The van der Waals surface area contributed by atoms with Crippen LogP contribution in [-0.2, 0) is 29.4 Å². The zero-order valence-electron chi connectivity index (χ0n) is 22.8. The molecule has 0 unspecified atom stereocenters. The normalized spacial score (nSPS) is 19.2. The van der Waals surface area contributed by atoms with Gasteiger partial charge in [-0.2, -0.15) is 4.31 Å². The molecular formula is C28H34FN3O6S2. The summed E-state index contributed by atoms with van der Waals surface area (Å²) in [5, 5.41) is 3.40. The number of amides is 2. The van der Waals surface area contributed by atoms with E-state index in [1.54, 1.807) is 17.0 Å². The maximum absolute atomic E-state index is 15.6. The van der Waals surface area contributed by atoms with E-state index < -0.39 is 37.5 Å². The summed E-state index contributed by atoms with van der Waals surface area (Å²) in [6.07, 6.45) is 2.75. The fraction of sp³-hybridized carbons (Fsp3) is 0.429. The number of aryl methyl sites for hydroxylation is 1. The molecule has 9 nitrogen and oxygen atoms in total. The lowest BCUT2D eigenvalue weighted by Gasteiger charge is -2.35. The van der Waals surface area contributed by atoms with Crippen molar-refractivity contribution in [2.24, 2.45) is 0 Å². The molecule has 1 atom stereocenters. The summed E-state index contributed by atoms with van der Waals surface area (Å²) >= 11 is 0. The first kappa shape index (κ1) is 29.9. The molecule has 0 bridgehead atoms. The average Bonchev–Trinajstić information content (AvgIpc) is 3.33. The van der Waals surface area contributed by atoms with Crippen LogP contribution in [0.25, 0.3) is 11.1 Å². The van der Waals surface area contributed by atoms with Gasteiger partial charge in [-0.25, -0.2) is 21.2 Å². The van der Waals surface area contributed by atoms with Gasteiger partial charge in [-0.15, -0.1) is 0 Å². The van der Waals surface area contributed by atoms with Gasteiger partial charge in [0, 0.05) is 67.9 Å². The second-order valence-corrected chi connectivity index (χ2v) is 14.3. The van der Waals surface area contributed by atoms with Crippen molar-refractivity contribution in [3.63, 3.8) is 0 Å². The van der Waals surface area contributed by atoms with Gasteiger partial charge in [0.05, 0.1) is 4.90 Å². The molecule has 216 valence electrons. The van der Waals surface area contributed by atoms with Crippen LogP contribution in [0.3, 0.4) is 0 Å². The van der Waals surface area contributed by atoms with Crippen LogP contribution in [0.1, 0.15) is 38.2 Å². The molecule has 1 N–H and O–H groups in total. The van der Waals surface area contributed by atoms with Crippen LogP contribution in [0.4, 0.5) is 10.1 Å². The number of hydrogen-bond donors (Lipinski definition) is 1. The SMILES string of the molecule is Cc1ccccc1-c1cc(N2CCCC2=O)ccc1S(=O)(=O)N1CCC(F)(C(=O)N[C@H](C)/C=C\S(C)(=O)=O)CC1. The number of halogens is 1. The molecule has 2 aliphatic heterocycles. The molecule has 2 aromatic rings. The molecule has 0 spiro atoms. The molecule has 2 heterocycles. The highest BCUT2D eigenvalue weighted by Gasteiger charge is 2.45. The van der Waals surface area contributed by atoms with Crippen LogP contribution in [0, 0.1) is 6.92 Å². The Bertz CT molecular complexity index is 1550. The molecule has 0 saturated carbocycles. The minimum atomic E-state index is -4.08. The van der Waals surface area contributed by atoms with Gasteiger partial charge in [-0.3, -0.25) is 9.59 Å². The van der Waals surface area contributed by atoms with Crippen molar-refractivity contribution in [3.05, 3.63) is 59.5 Å². The van der Waals surface area contributed by atoms with E-state index >= 15 is 4.39 Å². The summed E-state index contributed by atoms with van der Waals surface area (Å²) in [5.41, 5.74) is 0.356. The van der Waals surface area contributed by atoms with E-state index in [1.165, 1.54) is 23.4 Å². The second-order valence-electron chi connectivity index (χ2n) is 10.4. The lowest BCUT2D eigenvalue weighted by atomic mass is 9.93. The van der Waals surface area contributed by atoms with Crippen molar-refractivity contribution in [2.45, 2.75) is 56.1 Å². The third-order valence-corrected chi connectivity index (χ3v) is 9.90. The van der Waals surface area contributed by atoms with E-state index in [2.05, 4.69) is 5.32 Å². The van der Waals surface area contributed by atoms with E-state index in [1.807, 2.05) is 31.2 Å². The first-order valence-corrected chi connectivity index (χ1v) is 16.5. The number of nitrogens with one attached hydrogen (secondary N) is 1. The number of alkyl halides is 1. The van der Waals surface area contributed by atoms with Crippen LogP contribution in [0.15, 0.2) is 58.8 Å². The van der Waals surface area contributed by atoms with Crippen molar-refractivity contribution >= 4 is 37.4 Å². The van der Waals surface area contributed by atoms with Crippen LogP contribution in [0.2, 0.25) is 0 Å². The topological polar surface area (TPSA) is 121 Å². The van der Waals surface area contributed by atoms with Crippen LogP contribution in [-0.4, -0.2) is 70.6 Å². The first-order chi connectivity index (χ1) is 18.7. The third-order valence-electron chi connectivity index (χ3n) is 7.30. The second kappa shape index (κ2) is 11.4. The van der Waals surface area contributed by atoms with E-state index in [0.29, 0.717) is 29.8 Å². The summed E-state index contributed by atoms with van der Waals surface area (Å²) in [4.78, 5) is 26.8. The highest BCUT2D eigenvalue weighted by atomic mass is 32.2. The molecule has 2 amide bonds. The van der Waals surface area contributed by atoms with Crippen molar-refractivity contribution < 1.29 is 30.8 Å². The zero-order chi connectivity index (χ0) is 29.3. The number of nitrogens with zero attached hydrogens (tertiary/aromatic N) is 2. The van der Waals surface area contributed by atoms with E-state index in [4.69, 9.17) is 0 Å². The van der Waals surface area contributed by atoms with Gasteiger partial charge in [0.2, 0.25) is 15.9 Å². The van der Waals surface area contributed by atoms with Crippen LogP contribution >= 0.6 is 0 Å². The number of anilines is 1. The number of carbonyl (C=O) groups is 2. The van der Waals surface area contributed by atoms with Crippen LogP contribution < -0.4 is 10.2 Å². The van der Waals surface area contributed by atoms with E-state index in [0.717, 1.165) is 23.6 Å². The fourth-order valence-corrected chi connectivity index (χ4v) is 7.16. The van der Waals surface area contributed by atoms with Gasteiger partial charge in [-0.05, 0) is 49.6 Å². The Hall–Kier alpha value is -3.09. The van der Waals surface area contributed by atoms with E-state index in [-0.39, 0.29) is 36.7 Å². The Morgan fingerprint density at radius 2 is 1.73 bits per heavy atom. The molecule has 2 aliphatic rings. The molecule has 4 rings (SSSR count). The Kier molecular flexibility index (Phi) is 8.53. The molecule has 0 aliphatic carbocycles. The summed E-state index contributed by atoms with van der Waals surface area (Å²) < 4.78 is 67.2. The van der Waals surface area contributed by atoms with Crippen molar-refractivity contribution in [1.82, 2.24) is 9.62 Å². The van der Waals surface area contributed by atoms with Gasteiger partial charge in [0.15, 0.2) is 15.5 Å². The fourth-order valence-electron chi connectivity index (χ4n) is 5.01. The number of rotatable bonds is 8. The minimum Gasteiger partial charge on any atom is -0.347 e. The lowest BCUT2D eigenvalue weighted by molar-refractivity contribution is -0.135. The third kappa shape index (κ3) is 6.45.